The molecule has 3 rings (SSSR count). The van der Waals surface area contributed by atoms with E-state index in [1.165, 1.54) is 42.1 Å². The average Bonchev–Trinajstić information content (AvgIpc) is 2.57. The van der Waals surface area contributed by atoms with Gasteiger partial charge in [-0.15, -0.1) is 12.4 Å². The Morgan fingerprint density at radius 1 is 1.23 bits per heavy atom. The van der Waals surface area contributed by atoms with Crippen molar-refractivity contribution in [2.24, 2.45) is 10.7 Å². The van der Waals surface area contributed by atoms with Gasteiger partial charge >= 0.3 is 0 Å². The Bertz CT molecular complexity index is 845. The Morgan fingerprint density at radius 2 is 1.92 bits per heavy atom. The Kier molecular flexibility index (Phi) is 6.26. The number of amidine groups is 1. The highest BCUT2D eigenvalue weighted by Crippen LogP contribution is 2.36. The molecule has 0 bridgehead atoms. The maximum atomic E-state index is 14.1. The normalized spacial score (nSPS) is 19.3. The van der Waals surface area contributed by atoms with Crippen LogP contribution in [0.25, 0.3) is 0 Å². The molecule has 3 N–H and O–H groups in total. The topological polar surface area (TPSA) is 67.5 Å². The lowest BCUT2D eigenvalue weighted by Crippen LogP contribution is -2.29. The lowest BCUT2D eigenvalue weighted by atomic mass is 9.89. The highest BCUT2D eigenvalue weighted by Gasteiger charge is 2.30. The van der Waals surface area contributed by atoms with Crippen LogP contribution in [-0.2, 0) is 5.54 Å². The first kappa shape index (κ1) is 20.2. The summed E-state index contributed by atoms with van der Waals surface area (Å²) in [4.78, 5) is 16.7. The fourth-order valence-corrected chi connectivity index (χ4v) is 3.62. The van der Waals surface area contributed by atoms with E-state index in [2.05, 4.69) is 10.3 Å². The molecule has 1 aliphatic heterocycles. The van der Waals surface area contributed by atoms with Crippen molar-refractivity contribution in [3.05, 3.63) is 65.2 Å². The Morgan fingerprint density at radius 3 is 2.58 bits per heavy atom. The number of thioether (sulfide) groups is 1. The third-order valence-electron chi connectivity index (χ3n) is 4.14. The monoisotopic (exact) mass is 397 g/mol. The molecular weight excluding hydrogens is 380 g/mol. The third kappa shape index (κ3) is 4.34. The lowest BCUT2D eigenvalue weighted by molar-refractivity contribution is 0.102. The van der Waals surface area contributed by atoms with E-state index in [0.717, 1.165) is 17.7 Å². The smallest absolute Gasteiger partial charge is 0.255 e. The number of nitrogens with one attached hydrogen (secondary N) is 1. The molecule has 0 radical (unpaired) electrons. The van der Waals surface area contributed by atoms with Crippen molar-refractivity contribution in [1.29, 1.82) is 0 Å². The molecule has 2 aromatic rings. The van der Waals surface area contributed by atoms with E-state index in [9.17, 15) is 13.6 Å². The van der Waals surface area contributed by atoms with Gasteiger partial charge in [-0.2, -0.15) is 0 Å². The number of nitrogens with two attached hydrogens (primary N) is 1. The molecule has 26 heavy (non-hydrogen) atoms. The highest BCUT2D eigenvalue weighted by molar-refractivity contribution is 8.13. The Balaban J connectivity index is 0.00000243. The molecule has 1 atom stereocenters. The summed E-state index contributed by atoms with van der Waals surface area (Å²) < 4.78 is 27.1. The summed E-state index contributed by atoms with van der Waals surface area (Å²) in [6, 6.07) is 9.57. The number of hydrogen-bond donors (Lipinski definition) is 2. The van der Waals surface area contributed by atoms with E-state index in [4.69, 9.17) is 5.73 Å². The predicted molar refractivity (Wildman–Crippen MR) is 104 cm³/mol. The molecular formula is C18H18ClF2N3OS. The van der Waals surface area contributed by atoms with Crippen molar-refractivity contribution in [2.75, 3.05) is 11.1 Å². The van der Waals surface area contributed by atoms with Crippen molar-refractivity contribution in [1.82, 2.24) is 0 Å². The third-order valence-corrected chi connectivity index (χ3v) is 4.93. The van der Waals surface area contributed by atoms with Crippen LogP contribution in [0.2, 0.25) is 0 Å². The molecule has 1 heterocycles. The largest absolute Gasteiger partial charge is 0.379 e. The standard InChI is InChI=1S/C18H17F2N3OS.ClH/c1-18(8-9-25-17(21)23-18)12-4-7-14(20)15(10-12)22-16(24)11-2-5-13(19)6-3-11;/h2-7,10H,8-9H2,1H3,(H2,21,23)(H,22,24);1H. The van der Waals surface area contributed by atoms with E-state index >= 15 is 0 Å². The van der Waals surface area contributed by atoms with Crippen LogP contribution in [0.1, 0.15) is 29.3 Å². The molecule has 1 amide bonds. The molecule has 8 heteroatoms. The van der Waals surface area contributed by atoms with Gasteiger partial charge in [0.05, 0.1) is 11.2 Å². The molecule has 0 aromatic heterocycles. The van der Waals surface area contributed by atoms with E-state index in [-0.39, 0.29) is 23.7 Å². The minimum Gasteiger partial charge on any atom is -0.379 e. The number of aliphatic imine (C=N–C) groups is 1. The summed E-state index contributed by atoms with van der Waals surface area (Å²) in [5.41, 5.74) is 6.34. The van der Waals surface area contributed by atoms with Crippen LogP contribution in [0.3, 0.4) is 0 Å². The number of rotatable bonds is 3. The minimum atomic E-state index is -0.557. The van der Waals surface area contributed by atoms with Crippen molar-refractivity contribution in [3.63, 3.8) is 0 Å². The predicted octanol–water partition coefficient (Wildman–Crippen LogP) is 4.31. The van der Waals surface area contributed by atoms with E-state index in [1.807, 2.05) is 6.92 Å². The first-order valence-corrected chi connectivity index (χ1v) is 8.71. The fraction of sp³-hybridized carbons (Fsp3) is 0.222. The van der Waals surface area contributed by atoms with Gasteiger partial charge in [0.2, 0.25) is 0 Å². The molecule has 0 saturated heterocycles. The van der Waals surface area contributed by atoms with Crippen LogP contribution in [0.4, 0.5) is 14.5 Å². The maximum Gasteiger partial charge on any atom is 0.255 e. The first-order valence-electron chi connectivity index (χ1n) is 7.72. The zero-order chi connectivity index (χ0) is 18.0. The molecule has 138 valence electrons. The zero-order valence-electron chi connectivity index (χ0n) is 14.0. The summed E-state index contributed by atoms with van der Waals surface area (Å²) in [7, 11) is 0. The Hall–Kier alpha value is -2.12. The number of carbonyl (C=O) groups is 1. The van der Waals surface area contributed by atoms with Crippen LogP contribution in [0.15, 0.2) is 47.5 Å². The number of amides is 1. The van der Waals surface area contributed by atoms with Crippen LogP contribution < -0.4 is 11.1 Å². The molecule has 1 unspecified atom stereocenters. The molecule has 2 aromatic carbocycles. The van der Waals surface area contributed by atoms with E-state index in [0.29, 0.717) is 5.17 Å². The number of anilines is 1. The van der Waals surface area contributed by atoms with Gasteiger partial charge in [-0.1, -0.05) is 17.8 Å². The highest BCUT2D eigenvalue weighted by atomic mass is 35.5. The van der Waals surface area contributed by atoms with Crippen molar-refractivity contribution in [3.8, 4) is 0 Å². The number of benzene rings is 2. The maximum absolute atomic E-state index is 14.1. The van der Waals surface area contributed by atoms with E-state index < -0.39 is 23.1 Å². The number of hydrogen-bond acceptors (Lipinski definition) is 4. The van der Waals surface area contributed by atoms with Crippen LogP contribution >= 0.6 is 24.2 Å². The van der Waals surface area contributed by atoms with Crippen molar-refractivity contribution >= 4 is 40.9 Å². The van der Waals surface area contributed by atoms with Gasteiger partial charge in [0, 0.05) is 11.3 Å². The molecule has 0 spiro atoms. The second-order valence-corrected chi connectivity index (χ2v) is 7.09. The SMILES string of the molecule is CC1(c2ccc(F)c(NC(=O)c3ccc(F)cc3)c2)CCSC(N)=N1.Cl. The molecule has 1 aliphatic rings. The quantitative estimate of drug-likeness (QED) is 0.811. The second kappa shape index (κ2) is 8.05. The number of halogens is 3. The molecule has 0 aliphatic carbocycles. The minimum absolute atomic E-state index is 0. The summed E-state index contributed by atoms with van der Waals surface area (Å²) in [5.74, 6) is -0.683. The Labute approximate surface area is 160 Å². The van der Waals surface area contributed by atoms with Gasteiger partial charge in [-0.05, 0) is 55.3 Å². The molecule has 0 fully saturated rings. The lowest BCUT2D eigenvalue weighted by Gasteiger charge is -2.30. The van der Waals surface area contributed by atoms with Crippen LogP contribution in [-0.4, -0.2) is 16.8 Å². The van der Waals surface area contributed by atoms with Gasteiger partial charge in [-0.25, -0.2) is 8.78 Å². The van der Waals surface area contributed by atoms with Gasteiger partial charge < -0.3 is 11.1 Å². The summed E-state index contributed by atoms with van der Waals surface area (Å²) in [5, 5.41) is 3.03. The summed E-state index contributed by atoms with van der Waals surface area (Å²) >= 11 is 1.48. The molecule has 0 saturated carbocycles. The van der Waals surface area contributed by atoms with Gasteiger partial charge in [0.25, 0.3) is 5.91 Å². The van der Waals surface area contributed by atoms with Crippen LogP contribution in [0.5, 0.6) is 0 Å². The van der Waals surface area contributed by atoms with Gasteiger partial charge in [0.15, 0.2) is 5.17 Å². The average molecular weight is 398 g/mol. The number of carbonyl (C=O) groups excluding carboxylic acids is 1. The first-order chi connectivity index (χ1) is 11.9. The zero-order valence-corrected chi connectivity index (χ0v) is 15.6. The number of nitrogens with zero attached hydrogens (tertiary/aromatic N) is 1. The molecule has 4 nitrogen and oxygen atoms in total. The van der Waals surface area contributed by atoms with Gasteiger partial charge in [-0.3, -0.25) is 9.79 Å². The van der Waals surface area contributed by atoms with Crippen molar-refractivity contribution < 1.29 is 13.6 Å². The summed E-state index contributed by atoms with van der Waals surface area (Å²) in [6.45, 7) is 1.93. The van der Waals surface area contributed by atoms with Crippen LogP contribution in [0, 0.1) is 11.6 Å². The summed E-state index contributed by atoms with van der Waals surface area (Å²) in [6.07, 6.45) is 0.759. The van der Waals surface area contributed by atoms with Gasteiger partial charge in [0.1, 0.15) is 11.6 Å². The van der Waals surface area contributed by atoms with E-state index in [1.54, 1.807) is 12.1 Å². The van der Waals surface area contributed by atoms with Crippen molar-refractivity contribution in [2.45, 2.75) is 18.9 Å². The second-order valence-electron chi connectivity index (χ2n) is 5.98. The fourth-order valence-electron chi connectivity index (χ4n) is 2.65.